The van der Waals surface area contributed by atoms with Crippen molar-refractivity contribution in [2.24, 2.45) is 5.73 Å². The van der Waals surface area contributed by atoms with Gasteiger partial charge in [-0.15, -0.1) is 11.3 Å². The lowest BCUT2D eigenvalue weighted by molar-refractivity contribution is -0.128. The first kappa shape index (κ1) is 13.4. The number of carbonyl (C=O) groups is 2. The Bertz CT molecular complexity index is 525. The van der Waals surface area contributed by atoms with Gasteiger partial charge in [0.1, 0.15) is 5.00 Å². The van der Waals surface area contributed by atoms with E-state index in [-0.39, 0.29) is 10.6 Å². The molecule has 0 spiro atoms. The first-order chi connectivity index (χ1) is 8.30. The molecular weight excluding hydrogens is 330 g/mol. The number of primary amides is 1. The van der Waals surface area contributed by atoms with Gasteiger partial charge in [0, 0.05) is 20.8 Å². The highest BCUT2D eigenvalue weighted by atomic mass is 79.9. The second-order valence-electron chi connectivity index (χ2n) is 3.88. The summed E-state index contributed by atoms with van der Waals surface area (Å²) in [4.78, 5) is 19.8. The maximum absolute atomic E-state index is 12.7. The zero-order valence-electron chi connectivity index (χ0n) is 9.06. The summed E-state index contributed by atoms with van der Waals surface area (Å²) < 4.78 is 25.5. The average Bonchev–Trinajstić information content (AvgIpc) is 2.74. The fourth-order valence-corrected chi connectivity index (χ4v) is 3.32. The van der Waals surface area contributed by atoms with Gasteiger partial charge in [0.15, 0.2) is 0 Å². The molecule has 1 aliphatic rings. The summed E-state index contributed by atoms with van der Waals surface area (Å²) in [6, 6.07) is 0. The Morgan fingerprint density at radius 2 is 2.06 bits per heavy atom. The molecule has 1 heterocycles. The van der Waals surface area contributed by atoms with Crippen molar-refractivity contribution in [1.29, 1.82) is 0 Å². The summed E-state index contributed by atoms with van der Waals surface area (Å²) in [5, 5.41) is 2.15. The SMILES string of the molecule is NC(=O)c1c(NC(=O)C(F)(F)Br)sc2c1CCC2. The van der Waals surface area contributed by atoms with Crippen molar-refractivity contribution < 1.29 is 18.4 Å². The number of amides is 2. The van der Waals surface area contributed by atoms with E-state index in [9.17, 15) is 18.4 Å². The molecule has 0 atom stereocenters. The van der Waals surface area contributed by atoms with Crippen molar-refractivity contribution >= 4 is 44.1 Å². The fourth-order valence-electron chi connectivity index (χ4n) is 1.93. The Labute approximate surface area is 114 Å². The lowest BCUT2D eigenvalue weighted by Gasteiger charge is -2.09. The number of halogens is 3. The summed E-state index contributed by atoms with van der Waals surface area (Å²) in [6.45, 7) is 0. The number of alkyl halides is 3. The van der Waals surface area contributed by atoms with Crippen LogP contribution in [0.3, 0.4) is 0 Å². The highest BCUT2D eigenvalue weighted by Gasteiger charge is 2.37. The third-order valence-electron chi connectivity index (χ3n) is 2.65. The molecule has 98 valence electrons. The molecule has 0 unspecified atom stereocenters. The Morgan fingerprint density at radius 3 is 2.61 bits per heavy atom. The van der Waals surface area contributed by atoms with Crippen molar-refractivity contribution in [1.82, 2.24) is 0 Å². The van der Waals surface area contributed by atoms with Gasteiger partial charge in [0.2, 0.25) is 0 Å². The second kappa shape index (κ2) is 4.58. The van der Waals surface area contributed by atoms with Crippen LogP contribution in [0.4, 0.5) is 13.8 Å². The third kappa shape index (κ3) is 2.39. The van der Waals surface area contributed by atoms with Gasteiger partial charge in [0.25, 0.3) is 5.91 Å². The van der Waals surface area contributed by atoms with Crippen molar-refractivity contribution in [3.05, 3.63) is 16.0 Å². The van der Waals surface area contributed by atoms with Gasteiger partial charge in [-0.25, -0.2) is 0 Å². The van der Waals surface area contributed by atoms with E-state index in [4.69, 9.17) is 5.73 Å². The molecule has 4 nitrogen and oxygen atoms in total. The number of nitrogens with one attached hydrogen (secondary N) is 1. The highest BCUT2D eigenvalue weighted by Crippen LogP contribution is 2.39. The number of hydrogen-bond acceptors (Lipinski definition) is 3. The van der Waals surface area contributed by atoms with Gasteiger partial charge in [-0.05, 0) is 24.8 Å². The molecule has 1 aromatic heterocycles. The predicted molar refractivity (Wildman–Crippen MR) is 67.4 cm³/mol. The summed E-state index contributed by atoms with van der Waals surface area (Å²) in [7, 11) is 0. The van der Waals surface area contributed by atoms with Gasteiger partial charge in [-0.1, -0.05) is 0 Å². The molecule has 0 bridgehead atoms. The normalized spacial score (nSPS) is 14.4. The molecule has 0 saturated carbocycles. The van der Waals surface area contributed by atoms with E-state index in [0.717, 1.165) is 34.6 Å². The Hall–Kier alpha value is -1.02. The van der Waals surface area contributed by atoms with Crippen LogP contribution < -0.4 is 11.1 Å². The first-order valence-corrected chi connectivity index (χ1v) is 6.74. The van der Waals surface area contributed by atoms with Crippen LogP contribution in [0.1, 0.15) is 27.2 Å². The molecule has 1 aliphatic carbocycles. The van der Waals surface area contributed by atoms with Crippen LogP contribution in [0.2, 0.25) is 0 Å². The average molecular weight is 339 g/mol. The summed E-state index contributed by atoms with van der Waals surface area (Å²) >= 11 is 3.10. The number of hydrogen-bond donors (Lipinski definition) is 2. The van der Waals surface area contributed by atoms with Crippen LogP contribution in [0.15, 0.2) is 0 Å². The van der Waals surface area contributed by atoms with Crippen molar-refractivity contribution in [2.45, 2.75) is 24.1 Å². The van der Waals surface area contributed by atoms with E-state index in [1.165, 1.54) is 0 Å². The Balaban J connectivity index is 2.35. The Kier molecular flexibility index (Phi) is 3.41. The molecule has 1 aromatic rings. The second-order valence-corrected chi connectivity index (χ2v) is 5.98. The summed E-state index contributed by atoms with van der Waals surface area (Å²) in [5.74, 6) is -2.22. The van der Waals surface area contributed by atoms with Crippen molar-refractivity contribution in [3.8, 4) is 0 Å². The minimum Gasteiger partial charge on any atom is -0.365 e. The molecule has 8 heteroatoms. The van der Waals surface area contributed by atoms with Gasteiger partial charge < -0.3 is 11.1 Å². The summed E-state index contributed by atoms with van der Waals surface area (Å²) in [6.07, 6.45) is 2.37. The summed E-state index contributed by atoms with van der Waals surface area (Å²) in [5.41, 5.74) is 6.18. The van der Waals surface area contributed by atoms with E-state index in [1.807, 2.05) is 21.2 Å². The van der Waals surface area contributed by atoms with Gasteiger partial charge in [-0.3, -0.25) is 9.59 Å². The van der Waals surface area contributed by atoms with Gasteiger partial charge >= 0.3 is 10.7 Å². The largest absolute Gasteiger partial charge is 0.378 e. The third-order valence-corrected chi connectivity index (χ3v) is 4.22. The first-order valence-electron chi connectivity index (χ1n) is 5.13. The molecule has 2 rings (SSSR count). The van der Waals surface area contributed by atoms with Gasteiger partial charge in [0.05, 0.1) is 5.56 Å². The van der Waals surface area contributed by atoms with Crippen LogP contribution in [-0.4, -0.2) is 16.6 Å². The van der Waals surface area contributed by atoms with E-state index < -0.39 is 16.6 Å². The van der Waals surface area contributed by atoms with E-state index in [0.29, 0.717) is 6.42 Å². The number of anilines is 1. The minimum absolute atomic E-state index is 0.108. The number of carbonyl (C=O) groups excluding carboxylic acids is 2. The lowest BCUT2D eigenvalue weighted by Crippen LogP contribution is -2.29. The predicted octanol–water partition coefficient (Wildman–Crippen LogP) is 2.26. The van der Waals surface area contributed by atoms with Crippen LogP contribution >= 0.6 is 27.3 Å². The topological polar surface area (TPSA) is 72.2 Å². The molecular formula is C10H9BrF2N2O2S. The quantitative estimate of drug-likeness (QED) is 0.829. The zero-order chi connectivity index (χ0) is 13.5. The van der Waals surface area contributed by atoms with Crippen LogP contribution in [0.25, 0.3) is 0 Å². The number of fused-ring (bicyclic) bond motifs is 1. The maximum atomic E-state index is 12.7. The molecule has 0 saturated heterocycles. The fraction of sp³-hybridized carbons (Fsp3) is 0.400. The number of aryl methyl sites for hydroxylation is 1. The minimum atomic E-state index is -3.67. The number of nitrogens with two attached hydrogens (primary N) is 1. The molecule has 0 radical (unpaired) electrons. The molecule has 0 aromatic carbocycles. The molecule has 0 aliphatic heterocycles. The van der Waals surface area contributed by atoms with E-state index in [1.54, 1.807) is 0 Å². The lowest BCUT2D eigenvalue weighted by atomic mass is 10.1. The smallest absolute Gasteiger partial charge is 0.365 e. The number of rotatable bonds is 3. The maximum Gasteiger partial charge on any atom is 0.378 e. The van der Waals surface area contributed by atoms with E-state index in [2.05, 4.69) is 0 Å². The van der Waals surface area contributed by atoms with Crippen LogP contribution in [0.5, 0.6) is 0 Å². The monoisotopic (exact) mass is 338 g/mol. The molecule has 2 amide bonds. The van der Waals surface area contributed by atoms with Gasteiger partial charge in [-0.2, -0.15) is 8.78 Å². The zero-order valence-corrected chi connectivity index (χ0v) is 11.5. The van der Waals surface area contributed by atoms with E-state index >= 15 is 0 Å². The van der Waals surface area contributed by atoms with Crippen LogP contribution in [0, 0.1) is 0 Å². The molecule has 18 heavy (non-hydrogen) atoms. The standard InChI is InChI=1S/C10H9BrF2N2O2S/c11-10(12,13)9(17)15-8-6(7(14)16)4-2-1-3-5(4)18-8/h1-3H2,(H2,14,16)(H,15,17). The highest BCUT2D eigenvalue weighted by molar-refractivity contribution is 9.10. The van der Waals surface area contributed by atoms with Crippen LogP contribution in [-0.2, 0) is 17.6 Å². The molecule has 0 fully saturated rings. The van der Waals surface area contributed by atoms with Crippen molar-refractivity contribution in [3.63, 3.8) is 0 Å². The Morgan fingerprint density at radius 1 is 1.39 bits per heavy atom. The molecule has 3 N–H and O–H groups in total. The van der Waals surface area contributed by atoms with Crippen molar-refractivity contribution in [2.75, 3.05) is 5.32 Å². The number of thiophene rings is 1.